The van der Waals surface area contributed by atoms with Gasteiger partial charge in [-0.15, -0.1) is 0 Å². The number of hydrogen-bond donors (Lipinski definition) is 4. The van der Waals surface area contributed by atoms with Crippen LogP contribution in [0.1, 0.15) is 11.7 Å². The summed E-state index contributed by atoms with van der Waals surface area (Å²) in [4.78, 5) is 0. The molecule has 3 rings (SSSR count). The normalized spacial score (nSPS) is 33.2. The van der Waals surface area contributed by atoms with Crippen LogP contribution in [-0.2, 0) is 4.74 Å². The second kappa shape index (κ2) is 5.71. The highest BCUT2D eigenvalue weighted by Gasteiger charge is 2.43. The quantitative estimate of drug-likeness (QED) is 0.641. The second-order valence-corrected chi connectivity index (χ2v) is 5.36. The molecule has 5 heteroatoms. The van der Waals surface area contributed by atoms with Crippen LogP contribution in [0.5, 0.6) is 0 Å². The summed E-state index contributed by atoms with van der Waals surface area (Å²) in [5, 5.41) is 41.1. The summed E-state index contributed by atoms with van der Waals surface area (Å²) in [6.07, 6.45) is -5.61. The smallest absolute Gasteiger partial charge is 0.113 e. The lowest BCUT2D eigenvalue weighted by molar-refractivity contribution is -0.231. The van der Waals surface area contributed by atoms with Crippen molar-refractivity contribution in [1.82, 2.24) is 0 Å². The van der Waals surface area contributed by atoms with E-state index in [-0.39, 0.29) is 0 Å². The Kier molecular flexibility index (Phi) is 3.93. The van der Waals surface area contributed by atoms with Crippen molar-refractivity contribution >= 4 is 10.8 Å². The van der Waals surface area contributed by atoms with Crippen LogP contribution in [-0.4, -0.2) is 51.4 Å². The van der Waals surface area contributed by atoms with Crippen molar-refractivity contribution in [3.63, 3.8) is 0 Å². The molecule has 0 unspecified atom stereocenters. The van der Waals surface area contributed by atoms with Crippen LogP contribution in [0.3, 0.4) is 0 Å². The molecule has 0 amide bonds. The first-order chi connectivity index (χ1) is 10.1. The Labute approximate surface area is 122 Å². The maximum Gasteiger partial charge on any atom is 0.113 e. The topological polar surface area (TPSA) is 90.2 Å². The zero-order valence-electron chi connectivity index (χ0n) is 11.3. The van der Waals surface area contributed by atoms with E-state index in [0.29, 0.717) is 5.56 Å². The van der Waals surface area contributed by atoms with Crippen LogP contribution in [0.15, 0.2) is 42.5 Å². The first-order valence-corrected chi connectivity index (χ1v) is 6.91. The van der Waals surface area contributed by atoms with Crippen molar-refractivity contribution in [2.75, 3.05) is 6.61 Å². The Balaban J connectivity index is 1.96. The molecule has 21 heavy (non-hydrogen) atoms. The van der Waals surface area contributed by atoms with Crippen molar-refractivity contribution in [3.8, 4) is 0 Å². The highest BCUT2D eigenvalue weighted by Crippen LogP contribution is 2.33. The molecule has 0 aromatic heterocycles. The Morgan fingerprint density at radius 1 is 0.857 bits per heavy atom. The van der Waals surface area contributed by atoms with Gasteiger partial charge in [-0.25, -0.2) is 0 Å². The first-order valence-electron chi connectivity index (χ1n) is 6.91. The predicted molar refractivity (Wildman–Crippen MR) is 76.7 cm³/mol. The number of benzene rings is 2. The van der Waals surface area contributed by atoms with Gasteiger partial charge >= 0.3 is 0 Å². The second-order valence-electron chi connectivity index (χ2n) is 5.36. The third-order valence-electron chi connectivity index (χ3n) is 3.99. The van der Waals surface area contributed by atoms with E-state index in [0.717, 1.165) is 10.8 Å². The highest BCUT2D eigenvalue weighted by atomic mass is 16.5. The number of fused-ring (bicyclic) bond motifs is 1. The third-order valence-corrected chi connectivity index (χ3v) is 3.99. The summed E-state index contributed by atoms with van der Waals surface area (Å²) in [6.45, 7) is -0.422. The van der Waals surface area contributed by atoms with E-state index >= 15 is 0 Å². The lowest BCUT2D eigenvalue weighted by Gasteiger charge is -2.40. The van der Waals surface area contributed by atoms with Crippen molar-refractivity contribution in [1.29, 1.82) is 0 Å². The molecule has 1 aliphatic rings. The number of hydrogen-bond acceptors (Lipinski definition) is 5. The Morgan fingerprint density at radius 2 is 1.57 bits per heavy atom. The average Bonchev–Trinajstić information content (AvgIpc) is 2.52. The van der Waals surface area contributed by atoms with Crippen molar-refractivity contribution in [2.45, 2.75) is 30.5 Å². The van der Waals surface area contributed by atoms with Gasteiger partial charge in [0.15, 0.2) is 0 Å². The van der Waals surface area contributed by atoms with E-state index in [1.807, 2.05) is 42.5 Å². The molecule has 112 valence electrons. The standard InChI is InChI=1S/C16H18O5/c17-8-12-13(18)14(19)15(20)16(21-12)11-6-5-9-3-1-2-4-10(9)7-11/h1-7,12-20H,8H2/t12-,13+,14+,15-,16+/m1/s1. The van der Waals surface area contributed by atoms with Gasteiger partial charge in [-0.3, -0.25) is 0 Å². The molecule has 2 aromatic carbocycles. The Morgan fingerprint density at radius 3 is 2.29 bits per heavy atom. The molecule has 0 radical (unpaired) electrons. The molecular formula is C16H18O5. The summed E-state index contributed by atoms with van der Waals surface area (Å²) in [6, 6.07) is 13.4. The van der Waals surface area contributed by atoms with Gasteiger partial charge in [0, 0.05) is 0 Å². The van der Waals surface area contributed by atoms with Crippen LogP contribution >= 0.6 is 0 Å². The van der Waals surface area contributed by atoms with E-state index < -0.39 is 37.1 Å². The predicted octanol–water partition coefficient (Wildman–Crippen LogP) is 0.355. The zero-order valence-corrected chi connectivity index (χ0v) is 11.3. The Hall–Kier alpha value is -1.50. The van der Waals surface area contributed by atoms with Crippen LogP contribution in [0.2, 0.25) is 0 Å². The molecule has 1 aliphatic heterocycles. The molecule has 2 aromatic rings. The molecule has 4 N–H and O–H groups in total. The van der Waals surface area contributed by atoms with Gasteiger partial charge in [0.2, 0.25) is 0 Å². The largest absolute Gasteiger partial charge is 0.394 e. The van der Waals surface area contributed by atoms with E-state index in [1.165, 1.54) is 0 Å². The molecule has 0 bridgehead atoms. The van der Waals surface area contributed by atoms with Crippen LogP contribution in [0.4, 0.5) is 0 Å². The lowest BCUT2D eigenvalue weighted by Crippen LogP contribution is -2.55. The minimum atomic E-state index is -1.35. The summed E-state index contributed by atoms with van der Waals surface area (Å²) >= 11 is 0. The molecule has 0 aliphatic carbocycles. The number of ether oxygens (including phenoxy) is 1. The van der Waals surface area contributed by atoms with Gasteiger partial charge in [0.05, 0.1) is 6.61 Å². The van der Waals surface area contributed by atoms with Crippen LogP contribution < -0.4 is 0 Å². The van der Waals surface area contributed by atoms with Gasteiger partial charge in [0.1, 0.15) is 30.5 Å². The van der Waals surface area contributed by atoms with Gasteiger partial charge in [0.25, 0.3) is 0 Å². The minimum absolute atomic E-state index is 0.422. The van der Waals surface area contributed by atoms with Gasteiger partial charge in [-0.2, -0.15) is 0 Å². The summed E-state index contributed by atoms with van der Waals surface area (Å²) in [5.41, 5.74) is 0.700. The molecule has 1 saturated heterocycles. The van der Waals surface area contributed by atoms with Gasteiger partial charge in [-0.05, 0) is 22.4 Å². The fraction of sp³-hybridized carbons (Fsp3) is 0.375. The zero-order chi connectivity index (χ0) is 15.0. The van der Waals surface area contributed by atoms with E-state index in [4.69, 9.17) is 4.74 Å². The summed E-state index contributed by atoms with van der Waals surface area (Å²) < 4.78 is 5.56. The Bertz CT molecular complexity index is 627. The maximum absolute atomic E-state index is 10.1. The monoisotopic (exact) mass is 290 g/mol. The van der Waals surface area contributed by atoms with Crippen molar-refractivity contribution < 1.29 is 25.2 Å². The molecule has 5 atom stereocenters. The SMILES string of the molecule is OC[C@H]1O[C@@H](c2ccc3ccccc3c2)[C@H](O)[C@@H](O)[C@H]1O. The molecule has 0 spiro atoms. The fourth-order valence-corrected chi connectivity index (χ4v) is 2.76. The molecular weight excluding hydrogens is 272 g/mol. The van der Waals surface area contributed by atoms with Gasteiger partial charge in [-0.1, -0.05) is 36.4 Å². The van der Waals surface area contributed by atoms with Crippen LogP contribution in [0, 0.1) is 0 Å². The summed E-state index contributed by atoms with van der Waals surface area (Å²) in [5.74, 6) is 0. The van der Waals surface area contributed by atoms with Crippen molar-refractivity contribution in [3.05, 3.63) is 48.0 Å². The molecule has 0 saturated carbocycles. The first kappa shape index (κ1) is 14.4. The summed E-state index contributed by atoms with van der Waals surface area (Å²) in [7, 11) is 0. The van der Waals surface area contributed by atoms with Gasteiger partial charge < -0.3 is 25.2 Å². The number of aliphatic hydroxyl groups excluding tert-OH is 4. The number of aliphatic hydroxyl groups is 4. The molecule has 1 fully saturated rings. The minimum Gasteiger partial charge on any atom is -0.394 e. The van der Waals surface area contributed by atoms with E-state index in [1.54, 1.807) is 0 Å². The highest BCUT2D eigenvalue weighted by molar-refractivity contribution is 5.83. The fourth-order valence-electron chi connectivity index (χ4n) is 2.76. The van der Waals surface area contributed by atoms with Crippen LogP contribution in [0.25, 0.3) is 10.8 Å². The molecule has 5 nitrogen and oxygen atoms in total. The van der Waals surface area contributed by atoms with E-state index in [9.17, 15) is 20.4 Å². The third kappa shape index (κ3) is 2.54. The number of rotatable bonds is 2. The molecule has 1 heterocycles. The average molecular weight is 290 g/mol. The lowest BCUT2D eigenvalue weighted by atomic mass is 9.90. The maximum atomic E-state index is 10.1. The van der Waals surface area contributed by atoms with E-state index in [2.05, 4.69) is 0 Å². The van der Waals surface area contributed by atoms with Crippen molar-refractivity contribution in [2.24, 2.45) is 0 Å².